The number of aryl methyl sites for hydroxylation is 1. The molecule has 0 aliphatic heterocycles. The third-order valence-electron chi connectivity index (χ3n) is 4.91. The van der Waals surface area contributed by atoms with Gasteiger partial charge in [0.1, 0.15) is 0 Å². The molecule has 2 amide bonds. The van der Waals surface area contributed by atoms with E-state index in [2.05, 4.69) is 27.4 Å². The molecule has 1 heterocycles. The molecular formula is C24H25N5O4S. The average molecular weight is 480 g/mol. The van der Waals surface area contributed by atoms with Crippen LogP contribution < -0.4 is 10.6 Å². The van der Waals surface area contributed by atoms with Gasteiger partial charge in [0.25, 0.3) is 5.91 Å². The first kappa shape index (κ1) is 24.7. The molecular weight excluding hydrogens is 454 g/mol. The van der Waals surface area contributed by atoms with Crippen LogP contribution in [0.4, 0.5) is 5.69 Å². The van der Waals surface area contributed by atoms with Gasteiger partial charge in [-0.25, -0.2) is 4.79 Å². The summed E-state index contributed by atoms with van der Waals surface area (Å²) < 4.78 is 1.79. The Morgan fingerprint density at radius 2 is 1.94 bits per heavy atom. The third-order valence-corrected chi connectivity index (χ3v) is 5.87. The molecule has 1 unspecified atom stereocenters. The molecule has 3 aromatic rings. The molecule has 1 aromatic heterocycles. The van der Waals surface area contributed by atoms with Gasteiger partial charge in [-0.3, -0.25) is 9.59 Å². The number of allylic oxidation sites excluding steroid dienone is 1. The number of aromatic nitrogens is 3. The number of benzene rings is 2. The van der Waals surface area contributed by atoms with Crippen molar-refractivity contribution in [2.45, 2.75) is 31.6 Å². The number of nitrogens with one attached hydrogen (secondary N) is 2. The van der Waals surface area contributed by atoms with Gasteiger partial charge < -0.3 is 20.3 Å². The van der Waals surface area contributed by atoms with Gasteiger partial charge in [0.15, 0.2) is 11.0 Å². The van der Waals surface area contributed by atoms with E-state index in [1.807, 2.05) is 32.0 Å². The number of hydrogen-bond acceptors (Lipinski definition) is 6. The number of hydrogen-bond donors (Lipinski definition) is 3. The minimum Gasteiger partial charge on any atom is -0.478 e. The number of aromatic carboxylic acids is 1. The van der Waals surface area contributed by atoms with Crippen molar-refractivity contribution in [2.75, 3.05) is 11.1 Å². The van der Waals surface area contributed by atoms with E-state index in [4.69, 9.17) is 5.11 Å². The Morgan fingerprint density at radius 3 is 2.65 bits per heavy atom. The highest BCUT2D eigenvalue weighted by Crippen LogP contribution is 2.22. The lowest BCUT2D eigenvalue weighted by atomic mass is 10.1. The summed E-state index contributed by atoms with van der Waals surface area (Å²) in [6.45, 7) is 7.86. The number of amides is 2. The summed E-state index contributed by atoms with van der Waals surface area (Å²) in [7, 11) is 0. The first-order valence-corrected chi connectivity index (χ1v) is 11.4. The molecule has 0 fully saturated rings. The van der Waals surface area contributed by atoms with Gasteiger partial charge in [0.05, 0.1) is 17.4 Å². The molecule has 0 aliphatic rings. The van der Waals surface area contributed by atoms with E-state index in [9.17, 15) is 14.4 Å². The first-order valence-electron chi connectivity index (χ1n) is 10.5. The fraction of sp³-hybridized carbons (Fsp3) is 0.208. The summed E-state index contributed by atoms with van der Waals surface area (Å²) in [6, 6.07) is 12.9. The molecule has 9 nitrogen and oxygen atoms in total. The molecule has 10 heteroatoms. The summed E-state index contributed by atoms with van der Waals surface area (Å²) >= 11 is 1.18. The molecule has 1 atom stereocenters. The van der Waals surface area contributed by atoms with E-state index in [0.717, 1.165) is 5.56 Å². The number of anilines is 1. The van der Waals surface area contributed by atoms with Crippen molar-refractivity contribution < 1.29 is 19.5 Å². The molecule has 176 valence electrons. The quantitative estimate of drug-likeness (QED) is 0.299. The van der Waals surface area contributed by atoms with Gasteiger partial charge in [-0.05, 0) is 43.7 Å². The molecule has 3 N–H and O–H groups in total. The number of carboxylic acid groups (broad SMARTS) is 1. The minimum atomic E-state index is -1.07. The Kier molecular flexibility index (Phi) is 8.20. The van der Waals surface area contributed by atoms with Crippen LogP contribution in [0.5, 0.6) is 0 Å². The van der Waals surface area contributed by atoms with Gasteiger partial charge >= 0.3 is 5.97 Å². The normalized spacial score (nSPS) is 11.5. The van der Waals surface area contributed by atoms with Crippen LogP contribution >= 0.6 is 11.8 Å². The van der Waals surface area contributed by atoms with Gasteiger partial charge in [-0.15, -0.1) is 16.8 Å². The van der Waals surface area contributed by atoms with Crippen LogP contribution in [0.15, 0.2) is 66.3 Å². The van der Waals surface area contributed by atoms with Gasteiger partial charge in [-0.1, -0.05) is 42.1 Å². The molecule has 2 aromatic carbocycles. The van der Waals surface area contributed by atoms with Gasteiger partial charge in [0, 0.05) is 17.8 Å². The summed E-state index contributed by atoms with van der Waals surface area (Å²) in [4.78, 5) is 36.2. The molecule has 0 saturated heterocycles. The van der Waals surface area contributed by atoms with Gasteiger partial charge in [-0.2, -0.15) is 0 Å². The molecule has 34 heavy (non-hydrogen) atoms. The number of carbonyl (C=O) groups excluding carboxylic acids is 2. The van der Waals surface area contributed by atoms with Crippen molar-refractivity contribution in [2.24, 2.45) is 0 Å². The maximum absolute atomic E-state index is 12.7. The molecule has 3 rings (SSSR count). The van der Waals surface area contributed by atoms with Crippen molar-refractivity contribution in [3.8, 4) is 0 Å². The lowest BCUT2D eigenvalue weighted by Crippen LogP contribution is -2.29. The molecule has 0 bridgehead atoms. The van der Waals surface area contributed by atoms with Crippen LogP contribution in [0.3, 0.4) is 0 Å². The lowest BCUT2D eigenvalue weighted by molar-refractivity contribution is -0.113. The predicted molar refractivity (Wildman–Crippen MR) is 130 cm³/mol. The van der Waals surface area contributed by atoms with Crippen LogP contribution in [0.25, 0.3) is 0 Å². The molecule has 0 aliphatic carbocycles. The van der Waals surface area contributed by atoms with E-state index in [0.29, 0.717) is 28.8 Å². The van der Waals surface area contributed by atoms with Crippen molar-refractivity contribution >= 4 is 35.2 Å². The SMILES string of the molecule is C=CCn1c(SCC(=O)Nc2cccc(C(=O)O)c2)nnc1C(C)NC(=O)c1ccccc1C. The highest BCUT2D eigenvalue weighted by Gasteiger charge is 2.21. The fourth-order valence-corrected chi connectivity index (χ4v) is 4.01. The summed E-state index contributed by atoms with van der Waals surface area (Å²) in [5.74, 6) is -1.02. The number of carboxylic acids is 1. The summed E-state index contributed by atoms with van der Waals surface area (Å²) in [5, 5.41) is 23.6. The van der Waals surface area contributed by atoms with Crippen molar-refractivity contribution in [3.05, 3.63) is 83.7 Å². The van der Waals surface area contributed by atoms with E-state index >= 15 is 0 Å². The second kappa shape index (κ2) is 11.3. The van der Waals surface area contributed by atoms with E-state index in [1.54, 1.807) is 28.8 Å². The number of carbonyl (C=O) groups is 3. The Bertz CT molecular complexity index is 1220. The fourth-order valence-electron chi connectivity index (χ4n) is 3.25. The number of nitrogens with zero attached hydrogens (tertiary/aromatic N) is 3. The van der Waals surface area contributed by atoms with Crippen LogP contribution in [0.1, 0.15) is 45.1 Å². The zero-order valence-electron chi connectivity index (χ0n) is 18.8. The Balaban J connectivity index is 1.67. The Morgan fingerprint density at radius 1 is 1.18 bits per heavy atom. The topological polar surface area (TPSA) is 126 Å². The third kappa shape index (κ3) is 6.10. The first-order chi connectivity index (χ1) is 16.3. The summed E-state index contributed by atoms with van der Waals surface area (Å²) in [5.41, 5.74) is 1.94. The summed E-state index contributed by atoms with van der Waals surface area (Å²) in [6.07, 6.45) is 1.68. The van der Waals surface area contributed by atoms with Crippen LogP contribution in [-0.2, 0) is 11.3 Å². The highest BCUT2D eigenvalue weighted by molar-refractivity contribution is 7.99. The van der Waals surface area contributed by atoms with Crippen molar-refractivity contribution in [1.29, 1.82) is 0 Å². The van der Waals surface area contributed by atoms with Crippen molar-refractivity contribution in [3.63, 3.8) is 0 Å². The van der Waals surface area contributed by atoms with E-state index < -0.39 is 12.0 Å². The largest absolute Gasteiger partial charge is 0.478 e. The van der Waals surface area contributed by atoms with E-state index in [1.165, 1.54) is 23.9 Å². The van der Waals surface area contributed by atoms with Crippen LogP contribution in [0, 0.1) is 6.92 Å². The Hall–Kier alpha value is -3.92. The zero-order valence-corrected chi connectivity index (χ0v) is 19.6. The predicted octanol–water partition coefficient (Wildman–Crippen LogP) is 3.69. The van der Waals surface area contributed by atoms with Crippen LogP contribution in [-0.4, -0.2) is 43.4 Å². The minimum absolute atomic E-state index is 0.0382. The Labute approximate surface area is 201 Å². The molecule has 0 radical (unpaired) electrons. The second-order valence-electron chi connectivity index (χ2n) is 7.47. The number of thioether (sulfide) groups is 1. The maximum atomic E-state index is 12.7. The van der Waals surface area contributed by atoms with Gasteiger partial charge in [0.2, 0.25) is 5.91 Å². The smallest absolute Gasteiger partial charge is 0.335 e. The molecule has 0 spiro atoms. The zero-order chi connectivity index (χ0) is 24.7. The second-order valence-corrected chi connectivity index (χ2v) is 8.42. The standard InChI is InChI=1S/C24H25N5O4S/c1-4-12-29-21(16(3)25-22(31)19-11-6-5-8-15(19)2)27-28-24(29)34-14-20(30)26-18-10-7-9-17(13-18)23(32)33/h4-11,13,16H,1,12,14H2,2-3H3,(H,25,31)(H,26,30)(H,32,33). The highest BCUT2D eigenvalue weighted by atomic mass is 32.2. The number of rotatable bonds is 10. The van der Waals surface area contributed by atoms with E-state index in [-0.39, 0.29) is 23.1 Å². The molecule has 0 saturated carbocycles. The maximum Gasteiger partial charge on any atom is 0.335 e. The average Bonchev–Trinajstić information content (AvgIpc) is 3.21. The monoisotopic (exact) mass is 479 g/mol. The van der Waals surface area contributed by atoms with Crippen LogP contribution in [0.2, 0.25) is 0 Å². The lowest BCUT2D eigenvalue weighted by Gasteiger charge is -2.16. The van der Waals surface area contributed by atoms with Crippen molar-refractivity contribution in [1.82, 2.24) is 20.1 Å².